The number of hydrogen-bond donors (Lipinski definition) is 0. The molecule has 9 heteroatoms. The van der Waals surface area contributed by atoms with Crippen LogP contribution < -0.4 is 4.74 Å². The van der Waals surface area contributed by atoms with Gasteiger partial charge in [-0.15, -0.1) is 0 Å². The Hall–Kier alpha value is -1.77. The molecule has 0 aliphatic carbocycles. The summed E-state index contributed by atoms with van der Waals surface area (Å²) in [6.45, 7) is 1.81. The van der Waals surface area contributed by atoms with Crippen molar-refractivity contribution < 1.29 is 14.4 Å². The van der Waals surface area contributed by atoms with Crippen LogP contribution in [0, 0.1) is 10.1 Å². The zero-order chi connectivity index (χ0) is 14.7. The van der Waals surface area contributed by atoms with Crippen LogP contribution in [0.5, 0.6) is 10.9 Å². The molecule has 0 spiro atoms. The Labute approximate surface area is 123 Å². The Morgan fingerprint density at radius 2 is 2.25 bits per heavy atom. The van der Waals surface area contributed by atoms with E-state index in [4.69, 9.17) is 21.1 Å². The van der Waals surface area contributed by atoms with E-state index in [1.165, 1.54) is 18.2 Å². The summed E-state index contributed by atoms with van der Waals surface area (Å²) in [5.74, 6) is 0.869. The summed E-state index contributed by atoms with van der Waals surface area (Å²) in [7, 11) is 1.56. The van der Waals surface area contributed by atoms with E-state index in [0.29, 0.717) is 16.8 Å². The second kappa shape index (κ2) is 6.12. The van der Waals surface area contributed by atoms with Crippen molar-refractivity contribution in [2.24, 2.45) is 0 Å². The van der Waals surface area contributed by atoms with E-state index in [1.807, 2.05) is 6.92 Å². The lowest BCUT2D eigenvalue weighted by atomic mass is 10.3. The monoisotopic (exact) mass is 315 g/mol. The van der Waals surface area contributed by atoms with E-state index in [9.17, 15) is 10.1 Å². The summed E-state index contributed by atoms with van der Waals surface area (Å²) in [4.78, 5) is 14.2. The Morgan fingerprint density at radius 1 is 1.50 bits per heavy atom. The summed E-state index contributed by atoms with van der Waals surface area (Å²) in [5.41, 5.74) is -0.176. The van der Waals surface area contributed by atoms with Crippen LogP contribution in [0.3, 0.4) is 0 Å². The highest BCUT2D eigenvalue weighted by Crippen LogP contribution is 2.32. The molecule has 106 valence electrons. The van der Waals surface area contributed by atoms with Crippen LogP contribution >= 0.6 is 23.1 Å². The second-order valence-electron chi connectivity index (χ2n) is 3.77. The number of benzene rings is 1. The Kier molecular flexibility index (Phi) is 4.48. The van der Waals surface area contributed by atoms with Crippen LogP contribution in [-0.2, 0) is 4.74 Å². The van der Waals surface area contributed by atoms with Gasteiger partial charge in [-0.2, -0.15) is 9.36 Å². The number of hydrogen-bond acceptors (Lipinski definition) is 7. The van der Waals surface area contributed by atoms with Crippen molar-refractivity contribution in [2.75, 3.05) is 7.11 Å². The topological polar surface area (TPSA) is 87.4 Å². The van der Waals surface area contributed by atoms with Crippen LogP contribution in [0.1, 0.15) is 18.9 Å². The molecule has 1 atom stereocenters. The highest BCUT2D eigenvalue weighted by atomic mass is 35.5. The molecular weight excluding hydrogens is 306 g/mol. The maximum Gasteiger partial charge on any atom is 0.298 e. The van der Waals surface area contributed by atoms with Crippen molar-refractivity contribution in [1.29, 1.82) is 0 Å². The van der Waals surface area contributed by atoms with Gasteiger partial charge in [0.1, 0.15) is 16.9 Å². The van der Waals surface area contributed by atoms with Crippen molar-refractivity contribution in [1.82, 2.24) is 9.36 Å². The van der Waals surface area contributed by atoms with Gasteiger partial charge < -0.3 is 9.47 Å². The standard InChI is InChI=1S/C11H10ClN3O4S/c1-6(18-2)10-13-11(20-14-10)19-7-3-4-9(15(16)17)8(12)5-7/h3-6H,1-2H3/t6-/m1/s1. The SMILES string of the molecule is CO[C@H](C)c1nsc(Oc2ccc([N+](=O)[O-])c(Cl)c2)n1. The summed E-state index contributed by atoms with van der Waals surface area (Å²) in [5, 5.41) is 11.0. The van der Waals surface area contributed by atoms with Crippen molar-refractivity contribution >= 4 is 28.8 Å². The third-order valence-corrected chi connectivity index (χ3v) is 3.37. The lowest BCUT2D eigenvalue weighted by Crippen LogP contribution is -1.97. The minimum atomic E-state index is -0.560. The molecule has 1 heterocycles. The van der Waals surface area contributed by atoms with Crippen molar-refractivity contribution in [3.8, 4) is 10.9 Å². The van der Waals surface area contributed by atoms with Crippen LogP contribution in [0.2, 0.25) is 5.02 Å². The van der Waals surface area contributed by atoms with Crippen LogP contribution in [-0.4, -0.2) is 21.4 Å². The van der Waals surface area contributed by atoms with E-state index < -0.39 is 4.92 Å². The fourth-order valence-electron chi connectivity index (χ4n) is 1.33. The number of ether oxygens (including phenoxy) is 2. The molecule has 2 aromatic rings. The lowest BCUT2D eigenvalue weighted by Gasteiger charge is -2.03. The number of rotatable bonds is 5. The van der Waals surface area contributed by atoms with Gasteiger partial charge in [0.2, 0.25) is 0 Å². The molecule has 0 unspecified atom stereocenters. The lowest BCUT2D eigenvalue weighted by molar-refractivity contribution is -0.384. The molecule has 1 aromatic carbocycles. The van der Waals surface area contributed by atoms with E-state index in [-0.39, 0.29) is 16.8 Å². The highest BCUT2D eigenvalue weighted by molar-refractivity contribution is 7.07. The molecule has 0 saturated heterocycles. The number of halogens is 1. The Morgan fingerprint density at radius 3 is 2.85 bits per heavy atom. The van der Waals surface area contributed by atoms with Crippen LogP contribution in [0.15, 0.2) is 18.2 Å². The average molecular weight is 316 g/mol. The number of nitro benzene ring substituents is 1. The summed E-state index contributed by atoms with van der Waals surface area (Å²) < 4.78 is 14.6. The summed E-state index contributed by atoms with van der Waals surface area (Å²) >= 11 is 6.86. The number of methoxy groups -OCH3 is 1. The fraction of sp³-hybridized carbons (Fsp3) is 0.273. The summed E-state index contributed by atoms with van der Waals surface area (Å²) in [6, 6.07) is 4.09. The maximum absolute atomic E-state index is 10.6. The van der Waals surface area contributed by atoms with Gasteiger partial charge in [0.25, 0.3) is 10.9 Å². The van der Waals surface area contributed by atoms with E-state index in [0.717, 1.165) is 11.5 Å². The quantitative estimate of drug-likeness (QED) is 0.618. The molecular formula is C11H10ClN3O4S. The predicted molar refractivity (Wildman–Crippen MR) is 73.5 cm³/mol. The van der Waals surface area contributed by atoms with Gasteiger partial charge in [-0.25, -0.2) is 0 Å². The Bertz CT molecular complexity index is 634. The zero-order valence-corrected chi connectivity index (χ0v) is 12.1. The van der Waals surface area contributed by atoms with Gasteiger partial charge in [0.05, 0.1) is 4.92 Å². The van der Waals surface area contributed by atoms with Gasteiger partial charge >= 0.3 is 0 Å². The fourth-order valence-corrected chi connectivity index (χ4v) is 2.20. The largest absolute Gasteiger partial charge is 0.430 e. The molecule has 7 nitrogen and oxygen atoms in total. The van der Waals surface area contributed by atoms with Gasteiger partial charge in [0, 0.05) is 30.8 Å². The predicted octanol–water partition coefficient (Wildman–Crippen LogP) is 3.60. The number of nitro groups is 1. The van der Waals surface area contributed by atoms with Crippen molar-refractivity contribution in [2.45, 2.75) is 13.0 Å². The summed E-state index contributed by atoms with van der Waals surface area (Å²) in [6.07, 6.45) is -0.232. The molecule has 0 amide bonds. The zero-order valence-electron chi connectivity index (χ0n) is 10.6. The third-order valence-electron chi connectivity index (χ3n) is 2.46. The van der Waals surface area contributed by atoms with E-state index in [1.54, 1.807) is 7.11 Å². The second-order valence-corrected chi connectivity index (χ2v) is 4.89. The maximum atomic E-state index is 10.6. The molecule has 20 heavy (non-hydrogen) atoms. The molecule has 0 N–H and O–H groups in total. The average Bonchev–Trinajstić information content (AvgIpc) is 2.86. The van der Waals surface area contributed by atoms with Gasteiger partial charge in [-0.05, 0) is 13.0 Å². The first-order valence-corrected chi connectivity index (χ1v) is 6.64. The van der Waals surface area contributed by atoms with E-state index in [2.05, 4.69) is 9.36 Å². The number of aromatic nitrogens is 2. The first-order chi connectivity index (χ1) is 9.51. The third kappa shape index (κ3) is 3.21. The number of nitrogens with zero attached hydrogens (tertiary/aromatic N) is 3. The van der Waals surface area contributed by atoms with E-state index >= 15 is 0 Å². The van der Waals surface area contributed by atoms with Gasteiger partial charge in [-0.3, -0.25) is 10.1 Å². The van der Waals surface area contributed by atoms with Gasteiger partial charge in [0.15, 0.2) is 5.82 Å². The van der Waals surface area contributed by atoms with Crippen LogP contribution in [0.25, 0.3) is 0 Å². The highest BCUT2D eigenvalue weighted by Gasteiger charge is 2.15. The molecule has 2 rings (SSSR count). The molecule has 0 radical (unpaired) electrons. The van der Waals surface area contributed by atoms with Crippen molar-refractivity contribution in [3.63, 3.8) is 0 Å². The van der Waals surface area contributed by atoms with Gasteiger partial charge in [-0.1, -0.05) is 11.6 Å². The molecule has 0 saturated carbocycles. The van der Waals surface area contributed by atoms with Crippen molar-refractivity contribution in [3.05, 3.63) is 39.2 Å². The first kappa shape index (κ1) is 14.6. The smallest absolute Gasteiger partial charge is 0.298 e. The minimum absolute atomic E-state index is 0.00231. The minimum Gasteiger partial charge on any atom is -0.430 e. The molecule has 0 bridgehead atoms. The molecule has 0 aliphatic heterocycles. The molecule has 0 aliphatic rings. The molecule has 1 aromatic heterocycles. The first-order valence-electron chi connectivity index (χ1n) is 5.49. The molecule has 0 fully saturated rings. The Balaban J connectivity index is 2.16. The normalized spacial score (nSPS) is 12.2. The van der Waals surface area contributed by atoms with Crippen LogP contribution in [0.4, 0.5) is 5.69 Å².